The number of nitrogens with one attached hydrogen (secondary N) is 1. The highest BCUT2D eigenvalue weighted by molar-refractivity contribution is 7.98. The second-order valence-electron chi connectivity index (χ2n) is 4.01. The molecule has 19 heavy (non-hydrogen) atoms. The van der Waals surface area contributed by atoms with Crippen LogP contribution in [0.5, 0.6) is 0 Å². The first-order valence-corrected chi connectivity index (χ1v) is 6.51. The van der Waals surface area contributed by atoms with Crippen molar-refractivity contribution >= 4 is 29.2 Å². The molecule has 5 heteroatoms. The normalized spacial score (nSPS) is 12.9. The van der Waals surface area contributed by atoms with Crippen LogP contribution in [0.3, 0.4) is 0 Å². The predicted octanol–water partition coefficient (Wildman–Crippen LogP) is 2.83. The fourth-order valence-electron chi connectivity index (χ4n) is 1.87. The minimum Gasteiger partial charge on any atom is -0.397 e. The lowest BCUT2D eigenvalue weighted by Gasteiger charge is -2.17. The Balaban J connectivity index is 2.11. The summed E-state index contributed by atoms with van der Waals surface area (Å²) in [6.07, 6.45) is 0. The molecule has 0 aliphatic carbocycles. The number of fused-ring (bicyclic) bond motifs is 1. The van der Waals surface area contributed by atoms with Crippen LogP contribution in [0, 0.1) is 11.3 Å². The van der Waals surface area contributed by atoms with Gasteiger partial charge in [-0.15, -0.1) is 0 Å². The number of nitrogen functional groups attached to an aromatic ring is 1. The standard InChI is InChI=1S/C14H10N4S/c15-8-9-4-3-5-10(13(9)16)14-17-11-6-1-2-7-12(11)19-18-14/h1-7H,16H2,(H,17,18). The molecule has 0 bridgehead atoms. The molecular weight excluding hydrogens is 256 g/mol. The molecule has 0 radical (unpaired) electrons. The summed E-state index contributed by atoms with van der Waals surface area (Å²) in [5.74, 6) is 0.679. The van der Waals surface area contributed by atoms with Crippen LogP contribution in [0.1, 0.15) is 11.1 Å². The van der Waals surface area contributed by atoms with Crippen molar-refractivity contribution in [3.63, 3.8) is 0 Å². The summed E-state index contributed by atoms with van der Waals surface area (Å²) >= 11 is 1.49. The number of amidine groups is 1. The first-order valence-electron chi connectivity index (χ1n) is 5.69. The Morgan fingerprint density at radius 2 is 2.00 bits per heavy atom. The van der Waals surface area contributed by atoms with Gasteiger partial charge < -0.3 is 10.5 Å². The molecule has 0 fully saturated rings. The number of nitrogens with zero attached hydrogens (tertiary/aromatic N) is 2. The zero-order chi connectivity index (χ0) is 13.2. The van der Waals surface area contributed by atoms with Gasteiger partial charge in [0.05, 0.1) is 21.8 Å². The van der Waals surface area contributed by atoms with Crippen molar-refractivity contribution in [1.82, 2.24) is 4.72 Å². The third kappa shape index (κ3) is 2.02. The lowest BCUT2D eigenvalue weighted by molar-refractivity contribution is 1.28. The number of aliphatic imine (C=N–C) groups is 1. The summed E-state index contributed by atoms with van der Waals surface area (Å²) in [5.41, 5.74) is 8.57. The van der Waals surface area contributed by atoms with Gasteiger partial charge >= 0.3 is 0 Å². The van der Waals surface area contributed by atoms with Gasteiger partial charge in [-0.1, -0.05) is 18.2 Å². The smallest absolute Gasteiger partial charge is 0.146 e. The van der Waals surface area contributed by atoms with Crippen LogP contribution in [-0.4, -0.2) is 5.84 Å². The molecule has 4 nitrogen and oxygen atoms in total. The highest BCUT2D eigenvalue weighted by Gasteiger charge is 2.16. The van der Waals surface area contributed by atoms with Crippen LogP contribution in [0.2, 0.25) is 0 Å². The van der Waals surface area contributed by atoms with Gasteiger partial charge in [-0.3, -0.25) is 0 Å². The molecule has 0 amide bonds. The second kappa shape index (κ2) is 4.67. The summed E-state index contributed by atoms with van der Waals surface area (Å²) in [7, 11) is 0. The fourth-order valence-corrected chi connectivity index (χ4v) is 2.59. The van der Waals surface area contributed by atoms with E-state index in [1.54, 1.807) is 12.1 Å². The number of hydrogen-bond acceptors (Lipinski definition) is 5. The summed E-state index contributed by atoms with van der Waals surface area (Å²) in [4.78, 5) is 5.62. The zero-order valence-electron chi connectivity index (χ0n) is 9.92. The summed E-state index contributed by atoms with van der Waals surface area (Å²) in [5, 5.41) is 9.00. The van der Waals surface area contributed by atoms with E-state index in [1.807, 2.05) is 30.3 Å². The Hall–Kier alpha value is -2.45. The Morgan fingerprint density at radius 1 is 1.16 bits per heavy atom. The average Bonchev–Trinajstić information content (AvgIpc) is 2.47. The topological polar surface area (TPSA) is 74.2 Å². The van der Waals surface area contributed by atoms with Gasteiger partial charge in [0, 0.05) is 5.56 Å². The minimum absolute atomic E-state index is 0.455. The van der Waals surface area contributed by atoms with E-state index in [0.717, 1.165) is 16.1 Å². The van der Waals surface area contributed by atoms with E-state index < -0.39 is 0 Å². The fraction of sp³-hybridized carbons (Fsp3) is 0. The van der Waals surface area contributed by atoms with Crippen molar-refractivity contribution in [3.05, 3.63) is 53.6 Å². The van der Waals surface area contributed by atoms with E-state index in [4.69, 9.17) is 11.0 Å². The molecule has 3 N–H and O–H groups in total. The maximum Gasteiger partial charge on any atom is 0.146 e. The molecule has 1 heterocycles. The van der Waals surface area contributed by atoms with Crippen LogP contribution in [-0.2, 0) is 0 Å². The molecule has 2 aromatic carbocycles. The molecule has 0 saturated heterocycles. The monoisotopic (exact) mass is 266 g/mol. The van der Waals surface area contributed by atoms with Crippen molar-refractivity contribution < 1.29 is 0 Å². The number of anilines is 1. The Morgan fingerprint density at radius 3 is 2.84 bits per heavy atom. The molecule has 1 aliphatic rings. The predicted molar refractivity (Wildman–Crippen MR) is 77.2 cm³/mol. The van der Waals surface area contributed by atoms with Crippen molar-refractivity contribution in [3.8, 4) is 6.07 Å². The van der Waals surface area contributed by atoms with Crippen LogP contribution >= 0.6 is 11.9 Å². The lowest BCUT2D eigenvalue weighted by atomic mass is 10.1. The summed E-state index contributed by atoms with van der Waals surface area (Å²) in [6, 6.07) is 15.3. The van der Waals surface area contributed by atoms with Crippen LogP contribution in [0.15, 0.2) is 52.4 Å². The average molecular weight is 266 g/mol. The number of rotatable bonds is 1. The second-order valence-corrected chi connectivity index (χ2v) is 4.86. The maximum atomic E-state index is 9.00. The third-order valence-corrected chi connectivity index (χ3v) is 3.70. The van der Waals surface area contributed by atoms with E-state index in [9.17, 15) is 0 Å². The van der Waals surface area contributed by atoms with Crippen molar-refractivity contribution in [2.24, 2.45) is 4.99 Å². The molecule has 92 valence electrons. The molecule has 0 unspecified atom stereocenters. The van der Waals surface area contributed by atoms with E-state index in [1.165, 1.54) is 11.9 Å². The van der Waals surface area contributed by atoms with Crippen molar-refractivity contribution in [2.45, 2.75) is 4.90 Å². The van der Waals surface area contributed by atoms with E-state index in [2.05, 4.69) is 15.8 Å². The summed E-state index contributed by atoms with van der Waals surface area (Å²) in [6.45, 7) is 0. The largest absolute Gasteiger partial charge is 0.397 e. The van der Waals surface area contributed by atoms with E-state index in [0.29, 0.717) is 17.1 Å². The molecule has 0 aromatic heterocycles. The Labute approximate surface area is 115 Å². The van der Waals surface area contributed by atoms with E-state index >= 15 is 0 Å². The van der Waals surface area contributed by atoms with Crippen LogP contribution in [0.4, 0.5) is 11.4 Å². The number of hydrogen-bond donors (Lipinski definition) is 2. The van der Waals surface area contributed by atoms with Crippen LogP contribution in [0.25, 0.3) is 0 Å². The molecule has 1 aliphatic heterocycles. The first kappa shape index (κ1) is 11.6. The zero-order valence-corrected chi connectivity index (χ0v) is 10.7. The number of benzene rings is 2. The number of nitrogens with two attached hydrogens (primary N) is 1. The highest BCUT2D eigenvalue weighted by Crippen LogP contribution is 2.32. The van der Waals surface area contributed by atoms with Crippen LogP contribution < -0.4 is 10.5 Å². The van der Waals surface area contributed by atoms with Gasteiger partial charge in [0.25, 0.3) is 0 Å². The molecule has 0 spiro atoms. The van der Waals surface area contributed by atoms with Gasteiger partial charge in [-0.2, -0.15) is 5.26 Å². The third-order valence-electron chi connectivity index (χ3n) is 2.84. The van der Waals surface area contributed by atoms with Crippen molar-refractivity contribution in [2.75, 3.05) is 5.73 Å². The molecular formula is C14H10N4S. The quantitative estimate of drug-likeness (QED) is 0.615. The summed E-state index contributed by atoms with van der Waals surface area (Å²) < 4.78 is 3.16. The molecule has 3 rings (SSSR count). The van der Waals surface area contributed by atoms with E-state index in [-0.39, 0.29) is 0 Å². The van der Waals surface area contributed by atoms with Gasteiger partial charge in [0.15, 0.2) is 0 Å². The highest BCUT2D eigenvalue weighted by atomic mass is 32.2. The molecule has 2 aromatic rings. The number of para-hydroxylation sites is 2. The number of nitriles is 1. The van der Waals surface area contributed by atoms with Gasteiger partial charge in [-0.25, -0.2) is 4.99 Å². The Bertz CT molecular complexity index is 716. The maximum absolute atomic E-state index is 9.00. The van der Waals surface area contributed by atoms with Crippen molar-refractivity contribution in [1.29, 1.82) is 5.26 Å². The minimum atomic E-state index is 0.455. The van der Waals surface area contributed by atoms with Gasteiger partial charge in [-0.05, 0) is 36.2 Å². The molecule has 0 saturated carbocycles. The Kier molecular flexibility index (Phi) is 2.86. The SMILES string of the molecule is N#Cc1cccc(C2=Nc3ccccc3SN2)c1N. The molecule has 0 atom stereocenters. The first-order chi connectivity index (χ1) is 9.29. The lowest BCUT2D eigenvalue weighted by Crippen LogP contribution is -2.21. The van der Waals surface area contributed by atoms with Gasteiger partial charge in [0.1, 0.15) is 11.9 Å². The van der Waals surface area contributed by atoms with Gasteiger partial charge in [0.2, 0.25) is 0 Å².